The number of benzene rings is 1. The molecule has 3 N–H and O–H groups in total. The maximum Gasteiger partial charge on any atom is 0.335 e. The Labute approximate surface area is 152 Å². The van der Waals surface area contributed by atoms with Crippen LogP contribution in [0.15, 0.2) is 63.5 Å². The third kappa shape index (κ3) is 3.82. The van der Waals surface area contributed by atoms with Crippen molar-refractivity contribution < 1.29 is 9.90 Å². The fourth-order valence-electron chi connectivity index (χ4n) is 2.31. The number of H-pyrrole nitrogens is 1. The first-order chi connectivity index (χ1) is 13.0. The highest BCUT2D eigenvalue weighted by Crippen LogP contribution is 2.15. The number of aromatic amines is 1. The molecule has 0 saturated heterocycles. The lowest BCUT2D eigenvalue weighted by Crippen LogP contribution is -2.31. The van der Waals surface area contributed by atoms with E-state index in [-0.39, 0.29) is 11.1 Å². The van der Waals surface area contributed by atoms with Crippen LogP contribution in [-0.2, 0) is 0 Å². The van der Waals surface area contributed by atoms with E-state index in [4.69, 9.17) is 0 Å². The molecule has 1 amide bonds. The second kappa shape index (κ2) is 7.48. The number of pyridine rings is 1. The smallest absolute Gasteiger partial charge is 0.335 e. The number of amides is 1. The number of aromatic hydroxyl groups is 1. The van der Waals surface area contributed by atoms with Gasteiger partial charge in [0.2, 0.25) is 5.88 Å². The molecule has 3 aromatic rings. The third-order valence-electron chi connectivity index (χ3n) is 3.70. The minimum atomic E-state index is -0.833. The van der Waals surface area contributed by atoms with Crippen molar-refractivity contribution in [2.24, 2.45) is 5.10 Å². The first-order valence-corrected chi connectivity index (χ1v) is 7.86. The molecule has 1 aromatic carbocycles. The van der Waals surface area contributed by atoms with Gasteiger partial charge < -0.3 is 5.11 Å². The van der Waals surface area contributed by atoms with Crippen LogP contribution in [0.4, 0.5) is 0 Å². The number of aromatic nitrogens is 3. The van der Waals surface area contributed by atoms with Gasteiger partial charge in [-0.15, -0.1) is 0 Å². The zero-order chi connectivity index (χ0) is 19.4. The second-order valence-electron chi connectivity index (χ2n) is 5.61. The summed E-state index contributed by atoms with van der Waals surface area (Å²) in [5, 5.41) is 14.1. The van der Waals surface area contributed by atoms with Crippen LogP contribution < -0.4 is 16.7 Å². The minimum Gasteiger partial charge on any atom is -0.493 e. The number of aryl methyl sites for hydroxylation is 1. The molecule has 0 aliphatic carbocycles. The van der Waals surface area contributed by atoms with Gasteiger partial charge in [-0.05, 0) is 31.2 Å². The number of nitrogens with one attached hydrogen (secondary N) is 2. The summed E-state index contributed by atoms with van der Waals surface area (Å²) in [6, 6.07) is 9.90. The molecule has 0 saturated carbocycles. The van der Waals surface area contributed by atoms with Gasteiger partial charge in [0.1, 0.15) is 5.56 Å². The van der Waals surface area contributed by atoms with E-state index >= 15 is 0 Å². The molecule has 9 heteroatoms. The van der Waals surface area contributed by atoms with Gasteiger partial charge in [0.05, 0.1) is 17.5 Å². The highest BCUT2D eigenvalue weighted by molar-refractivity contribution is 5.94. The van der Waals surface area contributed by atoms with Gasteiger partial charge in [-0.3, -0.25) is 19.6 Å². The van der Waals surface area contributed by atoms with E-state index in [1.807, 2.05) is 6.92 Å². The zero-order valence-electron chi connectivity index (χ0n) is 14.2. The molecule has 0 atom stereocenters. The molecule has 0 fully saturated rings. The molecule has 0 aliphatic rings. The molecular formula is C18H15N5O4. The Morgan fingerprint density at radius 3 is 2.67 bits per heavy atom. The van der Waals surface area contributed by atoms with E-state index < -0.39 is 23.0 Å². The summed E-state index contributed by atoms with van der Waals surface area (Å²) in [7, 11) is 0. The van der Waals surface area contributed by atoms with Gasteiger partial charge in [-0.25, -0.2) is 14.8 Å². The molecule has 0 spiro atoms. The predicted molar refractivity (Wildman–Crippen MR) is 98.4 cm³/mol. The second-order valence-corrected chi connectivity index (χ2v) is 5.61. The quantitative estimate of drug-likeness (QED) is 0.463. The van der Waals surface area contributed by atoms with Crippen LogP contribution in [0.1, 0.15) is 21.5 Å². The summed E-state index contributed by atoms with van der Waals surface area (Å²) in [5.41, 5.74) is 1.93. The zero-order valence-corrected chi connectivity index (χ0v) is 14.2. The van der Waals surface area contributed by atoms with Crippen molar-refractivity contribution in [1.82, 2.24) is 20.0 Å². The van der Waals surface area contributed by atoms with E-state index in [0.29, 0.717) is 5.69 Å². The van der Waals surface area contributed by atoms with E-state index in [1.54, 1.807) is 36.4 Å². The molecular weight excluding hydrogens is 350 g/mol. The Morgan fingerprint density at radius 2 is 2.00 bits per heavy atom. The van der Waals surface area contributed by atoms with E-state index in [1.165, 1.54) is 12.4 Å². The average Bonchev–Trinajstić information content (AvgIpc) is 2.66. The molecule has 0 aliphatic heterocycles. The van der Waals surface area contributed by atoms with Crippen LogP contribution in [0.3, 0.4) is 0 Å². The van der Waals surface area contributed by atoms with Gasteiger partial charge in [-0.2, -0.15) is 5.10 Å². The largest absolute Gasteiger partial charge is 0.493 e. The van der Waals surface area contributed by atoms with Crippen LogP contribution in [0.2, 0.25) is 0 Å². The van der Waals surface area contributed by atoms with E-state index in [9.17, 15) is 19.5 Å². The van der Waals surface area contributed by atoms with Crippen LogP contribution in [-0.4, -0.2) is 31.8 Å². The number of rotatable bonds is 4. The maximum absolute atomic E-state index is 12.1. The molecule has 0 radical (unpaired) electrons. The Morgan fingerprint density at radius 1 is 1.26 bits per heavy atom. The molecule has 3 rings (SSSR count). The summed E-state index contributed by atoms with van der Waals surface area (Å²) in [6.07, 6.45) is 3.84. The molecule has 27 heavy (non-hydrogen) atoms. The number of carbonyl (C=O) groups excluding carboxylic acids is 1. The first-order valence-electron chi connectivity index (χ1n) is 7.86. The summed E-state index contributed by atoms with van der Waals surface area (Å²) < 4.78 is 0.936. The number of hydrazone groups is 1. The topological polar surface area (TPSA) is 129 Å². The van der Waals surface area contributed by atoms with Crippen molar-refractivity contribution in [1.29, 1.82) is 0 Å². The van der Waals surface area contributed by atoms with Crippen LogP contribution >= 0.6 is 0 Å². The lowest BCUT2D eigenvalue weighted by Gasteiger charge is -2.09. The predicted octanol–water partition coefficient (Wildman–Crippen LogP) is 0.699. The Balaban J connectivity index is 1.93. The van der Waals surface area contributed by atoms with E-state index in [0.717, 1.165) is 16.3 Å². The fourth-order valence-corrected chi connectivity index (χ4v) is 2.31. The molecule has 9 nitrogen and oxygen atoms in total. The highest BCUT2D eigenvalue weighted by atomic mass is 16.3. The number of nitrogens with zero attached hydrogens (tertiary/aromatic N) is 3. The minimum absolute atomic E-state index is 0.275. The summed E-state index contributed by atoms with van der Waals surface area (Å²) >= 11 is 0. The monoisotopic (exact) mass is 365 g/mol. The van der Waals surface area contributed by atoms with Crippen molar-refractivity contribution >= 4 is 12.1 Å². The Hall–Kier alpha value is -4.01. The Kier molecular flexibility index (Phi) is 4.93. The summed E-state index contributed by atoms with van der Waals surface area (Å²) in [6.45, 7) is 1.88. The SMILES string of the molecule is Cc1ccc(-n2c(O)c(C=NNC(=O)c3cccnc3)c(=O)[nH]c2=O)cc1. The van der Waals surface area contributed by atoms with Gasteiger partial charge in [0, 0.05) is 12.4 Å². The standard InChI is InChI=1S/C18H15N5O4/c1-11-4-6-13(7-5-11)23-17(26)14(16(25)21-18(23)27)10-20-22-15(24)12-3-2-8-19-9-12/h2-10,26H,1H3,(H,22,24)(H,21,25,27). The lowest BCUT2D eigenvalue weighted by atomic mass is 10.2. The van der Waals surface area contributed by atoms with Crippen molar-refractivity contribution in [2.75, 3.05) is 0 Å². The number of hydrogen-bond donors (Lipinski definition) is 3. The van der Waals surface area contributed by atoms with Crippen molar-refractivity contribution in [3.63, 3.8) is 0 Å². The van der Waals surface area contributed by atoms with Crippen molar-refractivity contribution in [3.05, 3.63) is 86.3 Å². The first kappa shape index (κ1) is 17.8. The third-order valence-corrected chi connectivity index (χ3v) is 3.70. The maximum atomic E-state index is 12.1. The lowest BCUT2D eigenvalue weighted by molar-refractivity contribution is 0.0954. The van der Waals surface area contributed by atoms with Crippen LogP contribution in [0, 0.1) is 6.92 Å². The Bertz CT molecular complexity index is 1120. The molecule has 0 unspecified atom stereocenters. The van der Waals surface area contributed by atoms with Gasteiger partial charge in [-0.1, -0.05) is 17.7 Å². The van der Waals surface area contributed by atoms with Gasteiger partial charge in [0.15, 0.2) is 0 Å². The van der Waals surface area contributed by atoms with Gasteiger partial charge in [0.25, 0.3) is 11.5 Å². The molecule has 136 valence electrons. The number of carbonyl (C=O) groups is 1. The van der Waals surface area contributed by atoms with Gasteiger partial charge >= 0.3 is 5.69 Å². The highest BCUT2D eigenvalue weighted by Gasteiger charge is 2.14. The molecule has 2 heterocycles. The fraction of sp³-hybridized carbons (Fsp3) is 0.0556. The normalized spacial score (nSPS) is 10.9. The van der Waals surface area contributed by atoms with E-state index in [2.05, 4.69) is 20.5 Å². The van der Waals surface area contributed by atoms with Crippen LogP contribution in [0.25, 0.3) is 5.69 Å². The molecule has 2 aromatic heterocycles. The molecule has 0 bridgehead atoms. The van der Waals surface area contributed by atoms with Crippen molar-refractivity contribution in [3.8, 4) is 11.6 Å². The number of hydrogen-bond acceptors (Lipinski definition) is 6. The van der Waals surface area contributed by atoms with Crippen molar-refractivity contribution in [2.45, 2.75) is 6.92 Å². The summed E-state index contributed by atoms with van der Waals surface area (Å²) in [4.78, 5) is 41.9. The average molecular weight is 365 g/mol. The van der Waals surface area contributed by atoms with Crippen LogP contribution in [0.5, 0.6) is 5.88 Å². The summed E-state index contributed by atoms with van der Waals surface area (Å²) in [5.74, 6) is -1.13.